The molecule has 1 aromatic heterocycles. The smallest absolute Gasteiger partial charge is 0.251 e. The van der Waals surface area contributed by atoms with E-state index in [1.807, 2.05) is 32.9 Å². The Bertz CT molecular complexity index is 1660. The Labute approximate surface area is 256 Å². The average molecular weight is 601 g/mol. The quantitative estimate of drug-likeness (QED) is 0.286. The van der Waals surface area contributed by atoms with Crippen LogP contribution in [0.3, 0.4) is 0 Å². The van der Waals surface area contributed by atoms with Gasteiger partial charge in [-0.2, -0.15) is 4.80 Å². The lowest BCUT2D eigenvalue weighted by Gasteiger charge is -2.36. The number of amides is 2. The second kappa shape index (κ2) is 12.8. The Morgan fingerprint density at radius 1 is 1.02 bits per heavy atom. The van der Waals surface area contributed by atoms with Crippen LogP contribution in [0.15, 0.2) is 60.7 Å². The van der Waals surface area contributed by atoms with Crippen molar-refractivity contribution in [2.75, 3.05) is 19.1 Å². The van der Waals surface area contributed by atoms with Crippen molar-refractivity contribution in [1.29, 1.82) is 0 Å². The number of hydrogen-bond donors (Lipinski definition) is 1. The zero-order valence-corrected chi connectivity index (χ0v) is 25.6. The summed E-state index contributed by atoms with van der Waals surface area (Å²) in [5, 5.41) is 15.4. The van der Waals surface area contributed by atoms with Crippen LogP contribution in [0.25, 0.3) is 11.4 Å². The van der Waals surface area contributed by atoms with Gasteiger partial charge >= 0.3 is 0 Å². The maximum absolute atomic E-state index is 14.5. The lowest BCUT2D eigenvalue weighted by atomic mass is 9.89. The molecule has 0 spiro atoms. The van der Waals surface area contributed by atoms with E-state index in [2.05, 4.69) is 26.8 Å². The van der Waals surface area contributed by atoms with Crippen LogP contribution in [0, 0.1) is 5.82 Å². The molecule has 1 aliphatic rings. The van der Waals surface area contributed by atoms with Gasteiger partial charge in [0.1, 0.15) is 29.9 Å². The van der Waals surface area contributed by atoms with Crippen molar-refractivity contribution in [2.45, 2.75) is 64.6 Å². The molecule has 1 atom stereocenters. The predicted molar refractivity (Wildman–Crippen MR) is 164 cm³/mol. The molecule has 11 heteroatoms. The van der Waals surface area contributed by atoms with E-state index in [1.54, 1.807) is 36.4 Å². The van der Waals surface area contributed by atoms with Crippen LogP contribution in [0.4, 0.5) is 10.1 Å². The molecule has 0 saturated heterocycles. The number of benzene rings is 3. The number of nitrogens with zero attached hydrogens (tertiary/aromatic N) is 5. The molecule has 10 nitrogen and oxygen atoms in total. The molecule has 0 saturated carbocycles. The van der Waals surface area contributed by atoms with E-state index in [0.29, 0.717) is 22.7 Å². The third-order valence-electron chi connectivity index (χ3n) is 7.48. The highest BCUT2D eigenvalue weighted by Gasteiger charge is 2.38. The number of fused-ring (bicyclic) bond motifs is 1. The molecule has 1 aliphatic carbocycles. The van der Waals surface area contributed by atoms with Crippen molar-refractivity contribution in [2.24, 2.45) is 0 Å². The Balaban J connectivity index is 1.66. The van der Waals surface area contributed by atoms with Crippen LogP contribution < -0.4 is 19.7 Å². The summed E-state index contributed by atoms with van der Waals surface area (Å²) < 4.78 is 25.7. The standard InChI is InChI=1S/C33H37FN6O4/c1-33(2,3)35-32(42)30(25-19-22(43-4)17-18-28(25)44-5)40(27-16-10-12-21-11-6-7-13-23(21)27)29(41)20-39-37-31(36-38-39)24-14-8-9-15-26(24)34/h8-10,12,14-19,30H,6-7,11,13,20H2,1-5H3,(H,35,42)/t30-/m0/s1. The van der Waals surface area contributed by atoms with Crippen LogP contribution in [-0.2, 0) is 29.0 Å². The molecule has 1 N–H and O–H groups in total. The lowest BCUT2D eigenvalue weighted by molar-refractivity contribution is -0.128. The highest BCUT2D eigenvalue weighted by molar-refractivity contribution is 6.02. The fraction of sp³-hybridized carbons (Fsp3) is 0.364. The van der Waals surface area contributed by atoms with Gasteiger partial charge in [0, 0.05) is 16.8 Å². The van der Waals surface area contributed by atoms with Crippen molar-refractivity contribution in [3.05, 3.63) is 83.2 Å². The minimum Gasteiger partial charge on any atom is -0.497 e. The summed E-state index contributed by atoms with van der Waals surface area (Å²) in [6.07, 6.45) is 3.65. The molecule has 0 aliphatic heterocycles. The van der Waals surface area contributed by atoms with Crippen LogP contribution in [-0.4, -0.2) is 51.8 Å². The third-order valence-corrected chi connectivity index (χ3v) is 7.48. The number of aromatic nitrogens is 4. The first-order chi connectivity index (χ1) is 21.1. The molecule has 3 aromatic carbocycles. The molecule has 0 unspecified atom stereocenters. The van der Waals surface area contributed by atoms with E-state index in [0.717, 1.165) is 41.6 Å². The van der Waals surface area contributed by atoms with Crippen molar-refractivity contribution in [3.8, 4) is 22.9 Å². The Kier molecular flexibility index (Phi) is 8.93. The summed E-state index contributed by atoms with van der Waals surface area (Å²) in [4.78, 5) is 31.4. The summed E-state index contributed by atoms with van der Waals surface area (Å²) >= 11 is 0. The fourth-order valence-electron chi connectivity index (χ4n) is 5.55. The van der Waals surface area contributed by atoms with Gasteiger partial charge in [-0.15, -0.1) is 10.2 Å². The number of anilines is 1. The highest BCUT2D eigenvalue weighted by atomic mass is 19.1. The Morgan fingerprint density at radius 3 is 2.52 bits per heavy atom. The van der Waals surface area contributed by atoms with Gasteiger partial charge in [0.05, 0.1) is 19.8 Å². The number of carbonyl (C=O) groups excluding carboxylic acids is 2. The molecule has 230 valence electrons. The third kappa shape index (κ3) is 6.56. The number of halogens is 1. The molecular weight excluding hydrogens is 563 g/mol. The highest BCUT2D eigenvalue weighted by Crippen LogP contribution is 2.40. The molecule has 0 bridgehead atoms. The topological polar surface area (TPSA) is 111 Å². The minimum atomic E-state index is -1.14. The second-order valence-corrected chi connectivity index (χ2v) is 11.8. The van der Waals surface area contributed by atoms with E-state index >= 15 is 0 Å². The largest absolute Gasteiger partial charge is 0.497 e. The maximum atomic E-state index is 14.5. The van der Waals surface area contributed by atoms with E-state index in [9.17, 15) is 14.0 Å². The molecule has 0 radical (unpaired) electrons. The normalized spacial score (nSPS) is 13.5. The first kappa shape index (κ1) is 30.7. The summed E-state index contributed by atoms with van der Waals surface area (Å²) in [6.45, 7) is 5.29. The number of ether oxygens (including phenoxy) is 2. The van der Waals surface area contributed by atoms with Gasteiger partial charge < -0.3 is 14.8 Å². The first-order valence-corrected chi connectivity index (χ1v) is 14.6. The van der Waals surface area contributed by atoms with Gasteiger partial charge in [-0.05, 0) is 99.2 Å². The van der Waals surface area contributed by atoms with Gasteiger partial charge in [0.25, 0.3) is 5.91 Å². The number of carbonyl (C=O) groups is 2. The predicted octanol–water partition coefficient (Wildman–Crippen LogP) is 5.06. The lowest BCUT2D eigenvalue weighted by Crippen LogP contribution is -2.50. The zero-order chi connectivity index (χ0) is 31.4. The Hall–Kier alpha value is -4.80. The van der Waals surface area contributed by atoms with Crippen molar-refractivity contribution < 1.29 is 23.5 Å². The monoisotopic (exact) mass is 600 g/mol. The first-order valence-electron chi connectivity index (χ1n) is 14.6. The van der Waals surface area contributed by atoms with Gasteiger partial charge in [-0.1, -0.05) is 24.3 Å². The van der Waals surface area contributed by atoms with Crippen molar-refractivity contribution in [3.63, 3.8) is 0 Å². The second-order valence-electron chi connectivity index (χ2n) is 11.8. The summed E-state index contributed by atoms with van der Waals surface area (Å²) in [6, 6.07) is 16.0. The van der Waals surface area contributed by atoms with E-state index in [1.165, 1.54) is 25.2 Å². The van der Waals surface area contributed by atoms with Gasteiger partial charge in [-0.25, -0.2) is 4.39 Å². The number of rotatable bonds is 9. The van der Waals surface area contributed by atoms with Crippen LogP contribution >= 0.6 is 0 Å². The number of nitrogens with one attached hydrogen (secondary N) is 1. The summed E-state index contributed by atoms with van der Waals surface area (Å²) in [5.74, 6) is -0.381. The van der Waals surface area contributed by atoms with Crippen LogP contribution in [0.1, 0.15) is 56.3 Å². The molecule has 1 heterocycles. The molecule has 0 fully saturated rings. The van der Waals surface area contributed by atoms with Gasteiger partial charge in [-0.3, -0.25) is 14.5 Å². The SMILES string of the molecule is COc1ccc(OC)c([C@@H](C(=O)NC(C)(C)C)N(C(=O)Cn2nnc(-c3ccccc3F)n2)c2cccc3c2CCCC3)c1. The van der Waals surface area contributed by atoms with E-state index in [4.69, 9.17) is 9.47 Å². The number of methoxy groups -OCH3 is 2. The molecule has 5 rings (SSSR count). The average Bonchev–Trinajstić information content (AvgIpc) is 3.46. The summed E-state index contributed by atoms with van der Waals surface area (Å²) in [7, 11) is 3.06. The summed E-state index contributed by atoms with van der Waals surface area (Å²) in [5.41, 5.74) is 2.80. The maximum Gasteiger partial charge on any atom is 0.251 e. The van der Waals surface area contributed by atoms with Gasteiger partial charge in [0.2, 0.25) is 11.7 Å². The van der Waals surface area contributed by atoms with E-state index < -0.39 is 29.2 Å². The van der Waals surface area contributed by atoms with Crippen molar-refractivity contribution in [1.82, 2.24) is 25.5 Å². The molecule has 44 heavy (non-hydrogen) atoms. The van der Waals surface area contributed by atoms with Crippen molar-refractivity contribution >= 4 is 17.5 Å². The molecular formula is C33H37FN6O4. The number of hydrogen-bond acceptors (Lipinski definition) is 7. The number of aryl methyl sites for hydroxylation is 1. The van der Waals surface area contributed by atoms with E-state index in [-0.39, 0.29) is 17.9 Å². The molecule has 2 amide bonds. The fourth-order valence-corrected chi connectivity index (χ4v) is 5.55. The molecule has 4 aromatic rings. The van der Waals surface area contributed by atoms with Crippen LogP contribution in [0.2, 0.25) is 0 Å². The number of tetrazole rings is 1. The zero-order valence-electron chi connectivity index (χ0n) is 25.6. The van der Waals surface area contributed by atoms with Crippen LogP contribution in [0.5, 0.6) is 11.5 Å². The van der Waals surface area contributed by atoms with Gasteiger partial charge in [0.15, 0.2) is 0 Å². The Morgan fingerprint density at radius 2 is 1.80 bits per heavy atom. The minimum absolute atomic E-state index is 0.0519.